The fraction of sp³-hybridized carbons (Fsp3) is 0.316. The Morgan fingerprint density at radius 3 is 2.28 bits per heavy atom. The van der Waals surface area contributed by atoms with Crippen LogP contribution in [0.5, 0.6) is 0 Å². The van der Waals surface area contributed by atoms with E-state index < -0.39 is 10.0 Å². The minimum atomic E-state index is -3.75. The molecule has 0 fully saturated rings. The highest BCUT2D eigenvalue weighted by atomic mass is 32.2. The molecule has 0 radical (unpaired) electrons. The molecule has 0 spiro atoms. The van der Waals surface area contributed by atoms with Gasteiger partial charge >= 0.3 is 0 Å². The zero-order valence-electron chi connectivity index (χ0n) is 14.9. The molecule has 6 heteroatoms. The third-order valence-corrected chi connectivity index (χ3v) is 6.51. The van der Waals surface area contributed by atoms with Gasteiger partial charge in [-0.25, -0.2) is 8.42 Å². The minimum absolute atomic E-state index is 0.166. The van der Waals surface area contributed by atoms with Gasteiger partial charge in [-0.3, -0.25) is 9.52 Å². The third-order valence-electron chi connectivity index (χ3n) is 4.85. The molecule has 5 nitrogen and oxygen atoms in total. The van der Waals surface area contributed by atoms with Crippen LogP contribution in [0.25, 0.3) is 0 Å². The van der Waals surface area contributed by atoms with E-state index in [0.29, 0.717) is 22.7 Å². The first kappa shape index (κ1) is 17.5. The van der Waals surface area contributed by atoms with Gasteiger partial charge in [0, 0.05) is 17.8 Å². The molecule has 0 unspecified atom stereocenters. The second-order valence-corrected chi connectivity index (χ2v) is 8.19. The topological polar surface area (TPSA) is 75.3 Å². The molecule has 0 bridgehead atoms. The number of amides is 1. The number of carbonyl (C=O) groups excluding carboxylic acids is 1. The summed E-state index contributed by atoms with van der Waals surface area (Å²) in [6.45, 7) is 8.05. The van der Waals surface area contributed by atoms with Gasteiger partial charge in [-0.2, -0.15) is 0 Å². The van der Waals surface area contributed by atoms with E-state index in [9.17, 15) is 13.2 Å². The molecule has 0 atom stereocenters. The van der Waals surface area contributed by atoms with Crippen LogP contribution in [0, 0.1) is 27.7 Å². The van der Waals surface area contributed by atoms with Crippen molar-refractivity contribution in [1.29, 1.82) is 0 Å². The van der Waals surface area contributed by atoms with Crippen molar-refractivity contribution in [3.05, 3.63) is 57.6 Å². The number of anilines is 1. The van der Waals surface area contributed by atoms with E-state index in [1.807, 2.05) is 39.8 Å². The zero-order chi connectivity index (χ0) is 18.4. The number of sulfonamides is 1. The quantitative estimate of drug-likeness (QED) is 0.886. The lowest BCUT2D eigenvalue weighted by Gasteiger charge is -2.19. The first-order valence-corrected chi connectivity index (χ1v) is 9.70. The maximum Gasteiger partial charge on any atom is 0.262 e. The van der Waals surface area contributed by atoms with Crippen LogP contribution in [0.1, 0.15) is 38.2 Å². The zero-order valence-corrected chi connectivity index (χ0v) is 15.7. The molecular formula is C19H22N2O3S. The van der Waals surface area contributed by atoms with E-state index in [4.69, 9.17) is 0 Å². The summed E-state index contributed by atoms with van der Waals surface area (Å²) in [6, 6.07) is 7.12. The van der Waals surface area contributed by atoms with E-state index in [-0.39, 0.29) is 5.91 Å². The van der Waals surface area contributed by atoms with Crippen LogP contribution >= 0.6 is 0 Å². The van der Waals surface area contributed by atoms with Crippen LogP contribution < -0.4 is 10.0 Å². The monoisotopic (exact) mass is 358 g/mol. The highest BCUT2D eigenvalue weighted by molar-refractivity contribution is 7.92. The van der Waals surface area contributed by atoms with Crippen molar-refractivity contribution in [1.82, 2.24) is 5.32 Å². The molecule has 1 aliphatic heterocycles. The summed E-state index contributed by atoms with van der Waals surface area (Å²) in [5.74, 6) is -0.166. The predicted octanol–water partition coefficient (Wildman–Crippen LogP) is 3.01. The summed E-state index contributed by atoms with van der Waals surface area (Å²) >= 11 is 0. The van der Waals surface area contributed by atoms with Crippen LogP contribution in [0.2, 0.25) is 0 Å². The summed E-state index contributed by atoms with van der Waals surface area (Å²) in [5.41, 5.74) is 5.22. The fourth-order valence-corrected chi connectivity index (χ4v) is 4.93. The summed E-state index contributed by atoms with van der Waals surface area (Å²) in [5, 5.41) is 2.78. The second kappa shape index (κ2) is 6.19. The smallest absolute Gasteiger partial charge is 0.262 e. The van der Waals surface area contributed by atoms with Crippen molar-refractivity contribution < 1.29 is 13.2 Å². The molecule has 3 rings (SSSR count). The van der Waals surface area contributed by atoms with Crippen molar-refractivity contribution >= 4 is 21.6 Å². The van der Waals surface area contributed by atoms with E-state index in [1.54, 1.807) is 12.1 Å². The predicted molar refractivity (Wildman–Crippen MR) is 98.7 cm³/mol. The number of hydrogen-bond acceptors (Lipinski definition) is 3. The van der Waals surface area contributed by atoms with Crippen molar-refractivity contribution in [3.63, 3.8) is 0 Å². The largest absolute Gasteiger partial charge is 0.352 e. The van der Waals surface area contributed by atoms with Crippen LogP contribution in [0.3, 0.4) is 0 Å². The molecule has 1 aliphatic rings. The molecule has 0 aliphatic carbocycles. The van der Waals surface area contributed by atoms with Crippen molar-refractivity contribution in [3.8, 4) is 0 Å². The van der Waals surface area contributed by atoms with E-state index >= 15 is 0 Å². The summed E-state index contributed by atoms with van der Waals surface area (Å²) < 4.78 is 28.6. The third kappa shape index (κ3) is 3.14. The molecule has 132 valence electrons. The van der Waals surface area contributed by atoms with Gasteiger partial charge in [-0.05, 0) is 74.1 Å². The fourth-order valence-electron chi connectivity index (χ4n) is 3.27. The number of hydrogen-bond donors (Lipinski definition) is 2. The van der Waals surface area contributed by atoms with Gasteiger partial charge in [-0.15, -0.1) is 0 Å². The molecule has 0 aromatic heterocycles. The molecule has 2 aromatic carbocycles. The number of aryl methyl sites for hydroxylation is 2. The maximum atomic E-state index is 13.0. The SMILES string of the molecule is Cc1cc(C)c(C)c(S(=O)(=O)Nc2ccc3c(c2)C(=O)NCC3)c1C. The average Bonchev–Trinajstić information content (AvgIpc) is 2.53. The molecule has 0 saturated heterocycles. The van der Waals surface area contributed by atoms with Gasteiger partial charge in [0.25, 0.3) is 15.9 Å². The van der Waals surface area contributed by atoms with Crippen LogP contribution in [0.4, 0.5) is 5.69 Å². The standard InChI is InChI=1S/C19H22N2O3S/c1-11-9-12(2)14(4)18(13(11)3)25(23,24)21-16-6-5-15-7-8-20-19(22)17(15)10-16/h5-6,9-10,21H,7-8H2,1-4H3,(H,20,22). The lowest BCUT2D eigenvalue weighted by atomic mass is 10.00. The Labute approximate surface area is 148 Å². The van der Waals surface area contributed by atoms with Crippen molar-refractivity contribution in [2.24, 2.45) is 0 Å². The number of rotatable bonds is 3. The van der Waals surface area contributed by atoms with Crippen LogP contribution in [0.15, 0.2) is 29.2 Å². The van der Waals surface area contributed by atoms with Gasteiger partial charge in [-0.1, -0.05) is 12.1 Å². The Morgan fingerprint density at radius 1 is 1.00 bits per heavy atom. The number of fused-ring (bicyclic) bond motifs is 1. The summed E-state index contributed by atoms with van der Waals surface area (Å²) in [4.78, 5) is 12.3. The van der Waals surface area contributed by atoms with Crippen LogP contribution in [-0.4, -0.2) is 20.9 Å². The molecule has 25 heavy (non-hydrogen) atoms. The normalized spacial score (nSPS) is 14.0. The highest BCUT2D eigenvalue weighted by Gasteiger charge is 2.23. The van der Waals surface area contributed by atoms with Crippen molar-refractivity contribution in [2.45, 2.75) is 39.0 Å². The van der Waals surface area contributed by atoms with Crippen molar-refractivity contribution in [2.75, 3.05) is 11.3 Å². The van der Waals surface area contributed by atoms with E-state index in [2.05, 4.69) is 10.0 Å². The number of nitrogens with one attached hydrogen (secondary N) is 2. The molecule has 0 saturated carbocycles. The first-order chi connectivity index (χ1) is 11.7. The maximum absolute atomic E-state index is 13.0. The summed E-state index contributed by atoms with van der Waals surface area (Å²) in [7, 11) is -3.75. The Hall–Kier alpha value is -2.34. The molecule has 1 amide bonds. The minimum Gasteiger partial charge on any atom is -0.352 e. The van der Waals surface area contributed by atoms with Gasteiger partial charge in [0.1, 0.15) is 0 Å². The van der Waals surface area contributed by atoms with Gasteiger partial charge in [0.05, 0.1) is 4.90 Å². The second-order valence-electron chi connectivity index (χ2n) is 6.57. The lowest BCUT2D eigenvalue weighted by molar-refractivity contribution is 0.0946. The molecule has 2 N–H and O–H groups in total. The first-order valence-electron chi connectivity index (χ1n) is 8.22. The van der Waals surface area contributed by atoms with Gasteiger partial charge in [0.15, 0.2) is 0 Å². The average molecular weight is 358 g/mol. The summed E-state index contributed by atoms with van der Waals surface area (Å²) in [6.07, 6.45) is 0.753. The van der Waals surface area contributed by atoms with Gasteiger partial charge in [0.2, 0.25) is 0 Å². The van der Waals surface area contributed by atoms with E-state index in [1.165, 1.54) is 0 Å². The molecule has 1 heterocycles. The Kier molecular flexibility index (Phi) is 4.33. The Bertz CT molecular complexity index is 952. The van der Waals surface area contributed by atoms with Gasteiger partial charge < -0.3 is 5.32 Å². The molecule has 2 aromatic rings. The highest BCUT2D eigenvalue weighted by Crippen LogP contribution is 2.28. The van der Waals surface area contributed by atoms with E-state index in [0.717, 1.165) is 34.2 Å². The Morgan fingerprint density at radius 2 is 1.64 bits per heavy atom. The number of benzene rings is 2. The molecular weight excluding hydrogens is 336 g/mol. The lowest BCUT2D eigenvalue weighted by Crippen LogP contribution is -2.31. The van der Waals surface area contributed by atoms with Crippen LogP contribution in [-0.2, 0) is 16.4 Å². The number of carbonyl (C=O) groups is 1. The Balaban J connectivity index is 2.04.